The van der Waals surface area contributed by atoms with Crippen molar-refractivity contribution in [2.75, 3.05) is 13.2 Å². The normalized spacial score (nSPS) is 15.6. The van der Waals surface area contributed by atoms with Crippen molar-refractivity contribution < 1.29 is 14.6 Å². The third-order valence-electron chi connectivity index (χ3n) is 2.79. The first-order chi connectivity index (χ1) is 7.79. The van der Waals surface area contributed by atoms with E-state index in [-0.39, 0.29) is 0 Å². The third-order valence-corrected chi connectivity index (χ3v) is 2.79. The van der Waals surface area contributed by atoms with Gasteiger partial charge in [-0.3, -0.25) is 0 Å². The van der Waals surface area contributed by atoms with Gasteiger partial charge in [0.2, 0.25) is 0 Å². The van der Waals surface area contributed by atoms with Crippen LogP contribution in [0.1, 0.15) is 24.5 Å². The van der Waals surface area contributed by atoms with Gasteiger partial charge in [-0.05, 0) is 30.5 Å². The van der Waals surface area contributed by atoms with Crippen LogP contribution in [0.4, 0.5) is 0 Å². The van der Waals surface area contributed by atoms with Crippen LogP contribution >= 0.6 is 0 Å². The average Bonchev–Trinajstić information content (AvgIpc) is 2.74. The molecule has 1 heterocycles. The molecular formula is C13H18O3. The van der Waals surface area contributed by atoms with Crippen molar-refractivity contribution in [1.82, 2.24) is 0 Å². The van der Waals surface area contributed by atoms with Crippen LogP contribution in [0.2, 0.25) is 0 Å². The van der Waals surface area contributed by atoms with Crippen molar-refractivity contribution >= 4 is 0 Å². The van der Waals surface area contributed by atoms with Crippen molar-refractivity contribution in [3.63, 3.8) is 0 Å². The number of ether oxygens (including phenoxy) is 2. The molecule has 3 nitrogen and oxygen atoms in total. The molecule has 0 bridgehead atoms. The lowest BCUT2D eigenvalue weighted by molar-refractivity contribution is -0.0980. The number of aryl methyl sites for hydroxylation is 1. The molecule has 1 atom stereocenters. The summed E-state index contributed by atoms with van der Waals surface area (Å²) in [6.45, 7) is 3.23. The first-order valence-corrected chi connectivity index (χ1v) is 5.84. The van der Waals surface area contributed by atoms with Crippen LogP contribution < -0.4 is 4.74 Å². The number of hydrogen-bond acceptors (Lipinski definition) is 3. The summed E-state index contributed by atoms with van der Waals surface area (Å²) in [6.07, 6.45) is 1.84. The van der Waals surface area contributed by atoms with Gasteiger partial charge in [-0.15, -0.1) is 0 Å². The van der Waals surface area contributed by atoms with Crippen LogP contribution in [-0.2, 0) is 17.6 Å². The summed E-state index contributed by atoms with van der Waals surface area (Å²) in [4.78, 5) is 0. The van der Waals surface area contributed by atoms with E-state index >= 15 is 0 Å². The number of hydrogen-bond donors (Lipinski definition) is 1. The Labute approximate surface area is 96.0 Å². The minimum atomic E-state index is -0.644. The Morgan fingerprint density at radius 1 is 1.50 bits per heavy atom. The Kier molecular flexibility index (Phi) is 3.80. The highest BCUT2D eigenvalue weighted by Gasteiger charge is 2.12. The molecule has 1 aliphatic rings. The molecule has 3 heteroatoms. The van der Waals surface area contributed by atoms with Gasteiger partial charge >= 0.3 is 0 Å². The third kappa shape index (κ3) is 2.74. The minimum absolute atomic E-state index is 0.555. The van der Waals surface area contributed by atoms with Gasteiger partial charge in [-0.2, -0.15) is 0 Å². The maximum absolute atomic E-state index is 9.46. The van der Waals surface area contributed by atoms with Gasteiger partial charge < -0.3 is 14.6 Å². The Hall–Kier alpha value is -1.06. The molecule has 1 aromatic rings. The van der Waals surface area contributed by atoms with E-state index in [2.05, 4.69) is 12.1 Å². The molecular weight excluding hydrogens is 204 g/mol. The molecule has 88 valence electrons. The fourth-order valence-electron chi connectivity index (χ4n) is 1.96. The van der Waals surface area contributed by atoms with E-state index < -0.39 is 6.29 Å². The van der Waals surface area contributed by atoms with Crippen LogP contribution in [0.3, 0.4) is 0 Å². The lowest BCUT2D eigenvalue weighted by Crippen LogP contribution is -2.12. The standard InChI is InChI=1S/C13H18O3/c1-2-15-13(14)6-4-10-3-5-12-11(9-10)7-8-16-12/h3,5,9,13-14H,2,4,6-8H2,1H3/t13-/m1/s1. The van der Waals surface area contributed by atoms with Crippen LogP contribution in [0.25, 0.3) is 0 Å². The summed E-state index contributed by atoms with van der Waals surface area (Å²) < 4.78 is 10.5. The van der Waals surface area contributed by atoms with Crippen LogP contribution in [-0.4, -0.2) is 24.6 Å². The summed E-state index contributed by atoms with van der Waals surface area (Å²) in [7, 11) is 0. The summed E-state index contributed by atoms with van der Waals surface area (Å²) in [5.41, 5.74) is 2.52. The Balaban J connectivity index is 1.90. The molecule has 1 aliphatic heterocycles. The summed E-state index contributed by atoms with van der Waals surface area (Å²) in [5.74, 6) is 1.01. The van der Waals surface area contributed by atoms with E-state index in [4.69, 9.17) is 9.47 Å². The second kappa shape index (κ2) is 5.32. The summed E-state index contributed by atoms with van der Waals surface area (Å²) in [5, 5.41) is 9.46. The summed E-state index contributed by atoms with van der Waals surface area (Å²) >= 11 is 0. The molecule has 0 unspecified atom stereocenters. The molecule has 1 aromatic carbocycles. The van der Waals surface area contributed by atoms with E-state index in [0.29, 0.717) is 13.0 Å². The number of rotatable bonds is 5. The maximum Gasteiger partial charge on any atom is 0.154 e. The maximum atomic E-state index is 9.46. The molecule has 0 saturated carbocycles. The van der Waals surface area contributed by atoms with E-state index in [1.165, 1.54) is 11.1 Å². The molecule has 16 heavy (non-hydrogen) atoms. The predicted octanol–water partition coefficient (Wildman–Crippen LogP) is 1.91. The van der Waals surface area contributed by atoms with Gasteiger partial charge in [0.1, 0.15) is 5.75 Å². The molecule has 0 radical (unpaired) electrons. The van der Waals surface area contributed by atoms with Gasteiger partial charge in [0.15, 0.2) is 6.29 Å². The van der Waals surface area contributed by atoms with Crippen molar-refractivity contribution in [3.05, 3.63) is 29.3 Å². The molecule has 0 spiro atoms. The zero-order chi connectivity index (χ0) is 11.4. The Morgan fingerprint density at radius 2 is 2.38 bits per heavy atom. The van der Waals surface area contributed by atoms with Gasteiger partial charge in [0.05, 0.1) is 6.61 Å². The number of aliphatic hydroxyl groups excluding tert-OH is 1. The number of aliphatic hydroxyl groups is 1. The highest BCUT2D eigenvalue weighted by molar-refractivity contribution is 5.39. The second-order valence-electron chi connectivity index (χ2n) is 3.99. The second-order valence-corrected chi connectivity index (χ2v) is 3.99. The van der Waals surface area contributed by atoms with Crippen LogP contribution in [0.5, 0.6) is 5.75 Å². The van der Waals surface area contributed by atoms with Crippen LogP contribution in [0, 0.1) is 0 Å². The smallest absolute Gasteiger partial charge is 0.154 e. The fraction of sp³-hybridized carbons (Fsp3) is 0.538. The number of benzene rings is 1. The zero-order valence-corrected chi connectivity index (χ0v) is 9.61. The fourth-order valence-corrected chi connectivity index (χ4v) is 1.96. The van der Waals surface area contributed by atoms with Crippen LogP contribution in [0.15, 0.2) is 18.2 Å². The van der Waals surface area contributed by atoms with Gasteiger partial charge in [-0.25, -0.2) is 0 Å². The first-order valence-electron chi connectivity index (χ1n) is 5.84. The van der Waals surface area contributed by atoms with Crippen molar-refractivity contribution in [2.24, 2.45) is 0 Å². The zero-order valence-electron chi connectivity index (χ0n) is 9.61. The largest absolute Gasteiger partial charge is 0.493 e. The van der Waals surface area contributed by atoms with Crippen molar-refractivity contribution in [2.45, 2.75) is 32.5 Å². The SMILES string of the molecule is CCO[C@@H](O)CCc1ccc2c(c1)CCO2. The average molecular weight is 222 g/mol. The molecule has 0 fully saturated rings. The quantitative estimate of drug-likeness (QED) is 0.773. The lowest BCUT2D eigenvalue weighted by atomic mass is 10.0. The van der Waals surface area contributed by atoms with E-state index in [0.717, 1.165) is 25.2 Å². The van der Waals surface area contributed by atoms with Crippen molar-refractivity contribution in [1.29, 1.82) is 0 Å². The molecule has 2 rings (SSSR count). The molecule has 0 amide bonds. The van der Waals surface area contributed by atoms with E-state index in [1.807, 2.05) is 13.0 Å². The molecule has 0 saturated heterocycles. The van der Waals surface area contributed by atoms with Crippen molar-refractivity contribution in [3.8, 4) is 5.75 Å². The van der Waals surface area contributed by atoms with E-state index in [9.17, 15) is 5.11 Å². The number of fused-ring (bicyclic) bond motifs is 1. The highest BCUT2D eigenvalue weighted by atomic mass is 16.6. The highest BCUT2D eigenvalue weighted by Crippen LogP contribution is 2.26. The lowest BCUT2D eigenvalue weighted by Gasteiger charge is -2.10. The Morgan fingerprint density at radius 3 is 3.19 bits per heavy atom. The van der Waals surface area contributed by atoms with Gasteiger partial charge in [0.25, 0.3) is 0 Å². The molecule has 1 N–H and O–H groups in total. The first kappa shape index (κ1) is 11.4. The van der Waals surface area contributed by atoms with Gasteiger partial charge in [-0.1, -0.05) is 12.1 Å². The predicted molar refractivity (Wildman–Crippen MR) is 61.6 cm³/mol. The Bertz CT molecular complexity index is 349. The van der Waals surface area contributed by atoms with E-state index in [1.54, 1.807) is 0 Å². The molecule has 0 aliphatic carbocycles. The minimum Gasteiger partial charge on any atom is -0.493 e. The topological polar surface area (TPSA) is 38.7 Å². The molecule has 0 aromatic heterocycles. The van der Waals surface area contributed by atoms with Gasteiger partial charge in [0, 0.05) is 19.4 Å². The monoisotopic (exact) mass is 222 g/mol. The summed E-state index contributed by atoms with van der Waals surface area (Å²) in [6, 6.07) is 6.24.